The number of ether oxygens (including phenoxy) is 1. The van der Waals surface area contributed by atoms with Crippen molar-refractivity contribution in [2.75, 3.05) is 13.2 Å². The number of fused-ring (bicyclic) bond motifs is 1. The van der Waals surface area contributed by atoms with E-state index >= 15 is 0 Å². The summed E-state index contributed by atoms with van der Waals surface area (Å²) in [4.78, 5) is 0. The third-order valence-corrected chi connectivity index (χ3v) is 5.32. The highest BCUT2D eigenvalue weighted by Gasteiger charge is 2.37. The van der Waals surface area contributed by atoms with Gasteiger partial charge in [-0.3, -0.25) is 0 Å². The maximum absolute atomic E-state index is 6.08. The Hall–Kier alpha value is -0.900. The number of thiophene rings is 1. The number of likely N-dealkylation sites (N-methyl/N-ethyl adjacent to an activating group) is 1. The zero-order valence-corrected chi connectivity index (χ0v) is 13.8. The van der Waals surface area contributed by atoms with Gasteiger partial charge >= 0.3 is 0 Å². The third kappa shape index (κ3) is 3.47. The van der Waals surface area contributed by atoms with Gasteiger partial charge in [-0.05, 0) is 61.0 Å². The van der Waals surface area contributed by atoms with Gasteiger partial charge in [0.05, 0.1) is 6.10 Å². The zero-order chi connectivity index (χ0) is 14.7. The molecule has 2 aromatic rings. The van der Waals surface area contributed by atoms with E-state index in [1.807, 2.05) is 11.3 Å². The van der Waals surface area contributed by atoms with Crippen LogP contribution in [0.5, 0.6) is 0 Å². The van der Waals surface area contributed by atoms with Gasteiger partial charge in [0, 0.05) is 17.3 Å². The highest BCUT2D eigenvalue weighted by molar-refractivity contribution is 7.17. The Bertz CT molecular complexity index is 575. The van der Waals surface area contributed by atoms with Crippen LogP contribution in [0.3, 0.4) is 0 Å². The summed E-state index contributed by atoms with van der Waals surface area (Å²) in [6.07, 6.45) is 4.10. The lowest BCUT2D eigenvalue weighted by atomic mass is 9.97. The topological polar surface area (TPSA) is 21.3 Å². The molecule has 114 valence electrons. The van der Waals surface area contributed by atoms with Crippen LogP contribution in [0.15, 0.2) is 29.6 Å². The van der Waals surface area contributed by atoms with Gasteiger partial charge in [0.25, 0.3) is 0 Å². The zero-order valence-electron chi connectivity index (χ0n) is 13.0. The molecule has 1 aromatic heterocycles. The summed E-state index contributed by atoms with van der Waals surface area (Å²) in [5.74, 6) is 0.763. The normalized spacial score (nSPS) is 18.0. The molecule has 0 saturated heterocycles. The van der Waals surface area contributed by atoms with Crippen LogP contribution in [0.2, 0.25) is 0 Å². The molecular formula is C18H25NOS. The van der Waals surface area contributed by atoms with Crippen molar-refractivity contribution in [1.29, 1.82) is 0 Å². The molecule has 0 spiro atoms. The molecule has 3 rings (SSSR count). The van der Waals surface area contributed by atoms with Crippen LogP contribution >= 0.6 is 11.3 Å². The lowest BCUT2D eigenvalue weighted by Gasteiger charge is -2.28. The van der Waals surface area contributed by atoms with Gasteiger partial charge in [0.1, 0.15) is 0 Å². The van der Waals surface area contributed by atoms with Crippen LogP contribution in [-0.4, -0.2) is 25.3 Å². The van der Waals surface area contributed by atoms with E-state index in [0.717, 1.165) is 25.5 Å². The van der Waals surface area contributed by atoms with Crippen molar-refractivity contribution < 1.29 is 4.74 Å². The van der Waals surface area contributed by atoms with Gasteiger partial charge in [-0.2, -0.15) is 0 Å². The Morgan fingerprint density at radius 1 is 1.29 bits per heavy atom. The molecule has 0 radical (unpaired) electrons. The van der Waals surface area contributed by atoms with Crippen molar-refractivity contribution in [2.45, 2.75) is 45.3 Å². The van der Waals surface area contributed by atoms with E-state index in [0.29, 0.717) is 12.1 Å². The average Bonchev–Trinajstić information content (AvgIpc) is 3.26. The summed E-state index contributed by atoms with van der Waals surface area (Å²) in [5, 5.41) is 7.41. The summed E-state index contributed by atoms with van der Waals surface area (Å²) >= 11 is 1.85. The molecule has 0 bridgehead atoms. The van der Waals surface area contributed by atoms with E-state index in [1.54, 1.807) is 0 Å². The quantitative estimate of drug-likeness (QED) is 0.787. The second-order valence-electron chi connectivity index (χ2n) is 5.88. The molecule has 1 heterocycles. The number of nitrogens with one attached hydrogen (secondary N) is 1. The van der Waals surface area contributed by atoms with Crippen LogP contribution in [0, 0.1) is 5.92 Å². The molecule has 0 aliphatic heterocycles. The van der Waals surface area contributed by atoms with E-state index in [2.05, 4.69) is 48.8 Å². The third-order valence-electron chi connectivity index (χ3n) is 4.31. The van der Waals surface area contributed by atoms with Gasteiger partial charge in [0.15, 0.2) is 0 Å². The minimum absolute atomic E-state index is 0.369. The Morgan fingerprint density at radius 2 is 2.10 bits per heavy atom. The summed E-state index contributed by atoms with van der Waals surface area (Å²) < 4.78 is 7.47. The molecule has 1 aliphatic carbocycles. The predicted octanol–water partition coefficient (Wildman–Crippen LogP) is 4.24. The SMILES string of the molecule is CCNC(Cc1csc2ccccc12)C(OCC)C1CC1. The molecule has 1 aromatic carbocycles. The molecule has 2 nitrogen and oxygen atoms in total. The summed E-state index contributed by atoms with van der Waals surface area (Å²) in [6, 6.07) is 9.16. The minimum Gasteiger partial charge on any atom is -0.377 e. The highest BCUT2D eigenvalue weighted by Crippen LogP contribution is 2.37. The standard InChI is InChI=1S/C18H25NOS/c1-3-19-16(18(20-4-2)13-9-10-13)11-14-12-21-17-8-6-5-7-15(14)17/h5-8,12-13,16,18-19H,3-4,9-11H2,1-2H3. The number of hydrogen-bond acceptors (Lipinski definition) is 3. The highest BCUT2D eigenvalue weighted by atomic mass is 32.1. The van der Waals surface area contributed by atoms with E-state index < -0.39 is 0 Å². The molecule has 2 unspecified atom stereocenters. The number of hydrogen-bond donors (Lipinski definition) is 1. The Morgan fingerprint density at radius 3 is 2.81 bits per heavy atom. The Kier molecular flexibility index (Phi) is 4.94. The second-order valence-corrected chi connectivity index (χ2v) is 6.79. The fourth-order valence-electron chi connectivity index (χ4n) is 3.19. The molecule has 1 N–H and O–H groups in total. The maximum atomic E-state index is 6.08. The van der Waals surface area contributed by atoms with Crippen molar-refractivity contribution in [3.8, 4) is 0 Å². The van der Waals surface area contributed by atoms with Crippen LogP contribution in [0.4, 0.5) is 0 Å². The van der Waals surface area contributed by atoms with Crippen LogP contribution in [0.1, 0.15) is 32.3 Å². The van der Waals surface area contributed by atoms with Gasteiger partial charge < -0.3 is 10.1 Å². The molecular weight excluding hydrogens is 278 g/mol. The van der Waals surface area contributed by atoms with E-state index in [4.69, 9.17) is 4.74 Å². The molecule has 1 fully saturated rings. The van der Waals surface area contributed by atoms with Crippen molar-refractivity contribution in [2.24, 2.45) is 5.92 Å². The molecule has 21 heavy (non-hydrogen) atoms. The second kappa shape index (κ2) is 6.91. The lowest BCUT2D eigenvalue weighted by Crippen LogP contribution is -2.44. The van der Waals surface area contributed by atoms with Gasteiger partial charge in [0.2, 0.25) is 0 Å². The summed E-state index contributed by atoms with van der Waals surface area (Å²) in [7, 11) is 0. The van der Waals surface area contributed by atoms with Crippen molar-refractivity contribution >= 4 is 21.4 Å². The number of rotatable bonds is 8. The first-order valence-corrected chi connectivity index (χ1v) is 9.01. The van der Waals surface area contributed by atoms with Crippen molar-refractivity contribution in [3.63, 3.8) is 0 Å². The Labute approximate surface area is 131 Å². The fraction of sp³-hybridized carbons (Fsp3) is 0.556. The smallest absolute Gasteiger partial charge is 0.0759 e. The summed E-state index contributed by atoms with van der Waals surface area (Å²) in [6.45, 7) is 6.11. The lowest BCUT2D eigenvalue weighted by molar-refractivity contribution is 0.0197. The summed E-state index contributed by atoms with van der Waals surface area (Å²) in [5.41, 5.74) is 1.46. The Balaban J connectivity index is 1.80. The van der Waals surface area contributed by atoms with Crippen molar-refractivity contribution in [1.82, 2.24) is 5.32 Å². The van der Waals surface area contributed by atoms with Gasteiger partial charge in [-0.25, -0.2) is 0 Å². The van der Waals surface area contributed by atoms with E-state index in [-0.39, 0.29) is 0 Å². The van der Waals surface area contributed by atoms with Crippen molar-refractivity contribution in [3.05, 3.63) is 35.2 Å². The van der Waals surface area contributed by atoms with Gasteiger partial charge in [-0.1, -0.05) is 25.1 Å². The molecule has 0 amide bonds. The maximum Gasteiger partial charge on any atom is 0.0759 e. The molecule has 1 aliphatic rings. The first kappa shape index (κ1) is 15.0. The van der Waals surface area contributed by atoms with Crippen LogP contribution < -0.4 is 5.32 Å². The minimum atomic E-state index is 0.369. The van der Waals surface area contributed by atoms with Gasteiger partial charge in [-0.15, -0.1) is 11.3 Å². The van der Waals surface area contributed by atoms with Crippen LogP contribution in [-0.2, 0) is 11.2 Å². The van der Waals surface area contributed by atoms with Crippen LogP contribution in [0.25, 0.3) is 10.1 Å². The first-order chi connectivity index (χ1) is 10.3. The molecule has 2 atom stereocenters. The van der Waals surface area contributed by atoms with E-state index in [1.165, 1.54) is 28.5 Å². The van der Waals surface area contributed by atoms with E-state index in [9.17, 15) is 0 Å². The number of benzene rings is 1. The predicted molar refractivity (Wildman–Crippen MR) is 91.1 cm³/mol. The first-order valence-electron chi connectivity index (χ1n) is 8.13. The largest absolute Gasteiger partial charge is 0.377 e. The fourth-order valence-corrected chi connectivity index (χ4v) is 4.17. The monoisotopic (exact) mass is 303 g/mol. The molecule has 3 heteroatoms. The molecule has 1 saturated carbocycles. The average molecular weight is 303 g/mol.